The molecule has 6 nitrogen and oxygen atoms in total. The SMILES string of the molecule is Cc1ccc(-n2c(SCC(=O)Nc3ccccc3Oc3ccccc3)nc3ccccc3c2=O)cc1C. The van der Waals surface area contributed by atoms with Gasteiger partial charge in [0, 0.05) is 0 Å². The number of para-hydroxylation sites is 4. The lowest BCUT2D eigenvalue weighted by Gasteiger charge is -2.15. The Kier molecular flexibility index (Phi) is 7.05. The Morgan fingerprint density at radius 2 is 1.62 bits per heavy atom. The van der Waals surface area contributed by atoms with E-state index in [-0.39, 0.29) is 17.2 Å². The second kappa shape index (κ2) is 10.7. The van der Waals surface area contributed by atoms with E-state index in [2.05, 4.69) is 5.32 Å². The van der Waals surface area contributed by atoms with Crippen molar-refractivity contribution in [2.75, 3.05) is 11.1 Å². The van der Waals surface area contributed by atoms with Crippen LogP contribution in [0.25, 0.3) is 16.6 Å². The first-order chi connectivity index (χ1) is 18.0. The van der Waals surface area contributed by atoms with Crippen molar-refractivity contribution >= 4 is 34.3 Å². The molecule has 1 amide bonds. The molecule has 1 aromatic heterocycles. The third-order valence-electron chi connectivity index (χ3n) is 5.96. The van der Waals surface area contributed by atoms with Gasteiger partial charge >= 0.3 is 0 Å². The monoisotopic (exact) mass is 507 g/mol. The molecule has 5 aromatic rings. The zero-order valence-corrected chi connectivity index (χ0v) is 21.3. The van der Waals surface area contributed by atoms with Crippen LogP contribution < -0.4 is 15.6 Å². The zero-order chi connectivity index (χ0) is 25.8. The van der Waals surface area contributed by atoms with E-state index >= 15 is 0 Å². The van der Waals surface area contributed by atoms with Crippen LogP contribution in [0.15, 0.2) is 107 Å². The Balaban J connectivity index is 1.41. The number of rotatable bonds is 7. The van der Waals surface area contributed by atoms with Crippen LogP contribution in [0.5, 0.6) is 11.5 Å². The molecule has 0 saturated heterocycles. The van der Waals surface area contributed by atoms with Crippen LogP contribution in [0, 0.1) is 13.8 Å². The van der Waals surface area contributed by atoms with E-state index < -0.39 is 0 Å². The number of ether oxygens (including phenoxy) is 1. The highest BCUT2D eigenvalue weighted by Crippen LogP contribution is 2.30. The molecular formula is C30H25N3O3S. The number of aryl methyl sites for hydroxylation is 2. The van der Waals surface area contributed by atoms with Gasteiger partial charge in [0.1, 0.15) is 5.75 Å². The summed E-state index contributed by atoms with van der Waals surface area (Å²) in [6.45, 7) is 4.04. The van der Waals surface area contributed by atoms with E-state index in [1.807, 2.05) is 92.7 Å². The van der Waals surface area contributed by atoms with Gasteiger partial charge in [0.15, 0.2) is 10.9 Å². The van der Waals surface area contributed by atoms with Crippen LogP contribution in [0.3, 0.4) is 0 Å². The van der Waals surface area contributed by atoms with Gasteiger partial charge in [0.25, 0.3) is 5.56 Å². The van der Waals surface area contributed by atoms with Gasteiger partial charge in [-0.25, -0.2) is 4.98 Å². The van der Waals surface area contributed by atoms with Crippen molar-refractivity contribution in [3.63, 3.8) is 0 Å². The first kappa shape index (κ1) is 24.3. The number of aromatic nitrogens is 2. The fraction of sp³-hybridized carbons (Fsp3) is 0.100. The van der Waals surface area contributed by atoms with Crippen LogP contribution >= 0.6 is 11.8 Å². The maximum absolute atomic E-state index is 13.5. The molecular weight excluding hydrogens is 482 g/mol. The quantitative estimate of drug-likeness (QED) is 0.200. The van der Waals surface area contributed by atoms with Gasteiger partial charge in [-0.1, -0.05) is 60.3 Å². The Bertz CT molecular complexity index is 1650. The van der Waals surface area contributed by atoms with Crippen molar-refractivity contribution in [2.45, 2.75) is 19.0 Å². The number of nitrogens with zero attached hydrogens (tertiary/aromatic N) is 2. The molecule has 0 radical (unpaired) electrons. The summed E-state index contributed by atoms with van der Waals surface area (Å²) in [5, 5.41) is 3.91. The number of benzene rings is 4. The van der Waals surface area contributed by atoms with Crippen molar-refractivity contribution in [3.8, 4) is 17.2 Å². The topological polar surface area (TPSA) is 73.2 Å². The van der Waals surface area contributed by atoms with E-state index in [1.54, 1.807) is 22.8 Å². The van der Waals surface area contributed by atoms with E-state index in [4.69, 9.17) is 9.72 Å². The molecule has 0 bridgehead atoms. The number of carbonyl (C=O) groups excluding carboxylic acids is 1. The largest absolute Gasteiger partial charge is 0.455 e. The summed E-state index contributed by atoms with van der Waals surface area (Å²) in [4.78, 5) is 31.2. The average Bonchev–Trinajstić information content (AvgIpc) is 2.91. The molecule has 1 heterocycles. The van der Waals surface area contributed by atoms with Gasteiger partial charge in [0.2, 0.25) is 5.91 Å². The van der Waals surface area contributed by atoms with E-state index in [1.165, 1.54) is 11.8 Å². The number of thioether (sulfide) groups is 1. The van der Waals surface area contributed by atoms with Crippen molar-refractivity contribution in [1.82, 2.24) is 9.55 Å². The standard InChI is InChI=1S/C30H25N3O3S/c1-20-16-17-22(18-21(20)2)33-29(35)24-12-6-7-13-25(24)32-30(33)37-19-28(34)31-26-14-8-9-15-27(26)36-23-10-4-3-5-11-23/h3-18H,19H2,1-2H3,(H,31,34). The second-order valence-corrected chi connectivity index (χ2v) is 9.51. The van der Waals surface area contributed by atoms with Gasteiger partial charge in [0.05, 0.1) is 28.0 Å². The van der Waals surface area contributed by atoms with Crippen LogP contribution in [0.1, 0.15) is 11.1 Å². The summed E-state index contributed by atoms with van der Waals surface area (Å²) >= 11 is 1.22. The Morgan fingerprint density at radius 3 is 2.43 bits per heavy atom. The molecule has 0 aliphatic rings. The second-order valence-electron chi connectivity index (χ2n) is 8.57. The number of anilines is 1. The number of amides is 1. The lowest BCUT2D eigenvalue weighted by Crippen LogP contribution is -2.23. The number of hydrogen-bond donors (Lipinski definition) is 1. The lowest BCUT2D eigenvalue weighted by atomic mass is 10.1. The molecule has 0 unspecified atom stereocenters. The van der Waals surface area contributed by atoms with Crippen LogP contribution in [-0.4, -0.2) is 21.2 Å². The number of nitrogens with one attached hydrogen (secondary N) is 1. The Hall–Kier alpha value is -4.36. The maximum atomic E-state index is 13.5. The highest BCUT2D eigenvalue weighted by molar-refractivity contribution is 7.99. The molecule has 0 atom stereocenters. The van der Waals surface area contributed by atoms with E-state index in [9.17, 15) is 9.59 Å². The summed E-state index contributed by atoms with van der Waals surface area (Å²) in [6, 6.07) is 29.8. The zero-order valence-electron chi connectivity index (χ0n) is 20.5. The minimum Gasteiger partial charge on any atom is -0.455 e. The molecule has 0 saturated carbocycles. The lowest BCUT2D eigenvalue weighted by molar-refractivity contribution is -0.113. The molecule has 0 aliphatic heterocycles. The normalized spacial score (nSPS) is 10.9. The fourth-order valence-electron chi connectivity index (χ4n) is 3.89. The van der Waals surface area contributed by atoms with Crippen molar-refractivity contribution in [1.29, 1.82) is 0 Å². The predicted octanol–water partition coefficient (Wildman–Crippen LogP) is 6.53. The highest BCUT2D eigenvalue weighted by Gasteiger charge is 2.16. The molecule has 0 aliphatic carbocycles. The smallest absolute Gasteiger partial charge is 0.266 e. The van der Waals surface area contributed by atoms with Crippen LogP contribution in [0.2, 0.25) is 0 Å². The number of fused-ring (bicyclic) bond motifs is 1. The summed E-state index contributed by atoms with van der Waals surface area (Å²) in [7, 11) is 0. The number of hydrogen-bond acceptors (Lipinski definition) is 5. The minimum absolute atomic E-state index is 0.0648. The van der Waals surface area contributed by atoms with Crippen molar-refractivity contribution in [2.24, 2.45) is 0 Å². The molecule has 0 fully saturated rings. The predicted molar refractivity (Wildman–Crippen MR) is 149 cm³/mol. The van der Waals surface area contributed by atoms with Gasteiger partial charge in [-0.3, -0.25) is 14.2 Å². The van der Waals surface area contributed by atoms with Gasteiger partial charge in [-0.15, -0.1) is 0 Å². The van der Waals surface area contributed by atoms with Gasteiger partial charge in [-0.2, -0.15) is 0 Å². The Morgan fingerprint density at radius 1 is 0.892 bits per heavy atom. The summed E-state index contributed by atoms with van der Waals surface area (Å²) in [5.41, 5.74) is 3.91. The summed E-state index contributed by atoms with van der Waals surface area (Å²) in [5.74, 6) is 1.05. The van der Waals surface area contributed by atoms with Crippen molar-refractivity contribution < 1.29 is 9.53 Å². The maximum Gasteiger partial charge on any atom is 0.266 e. The molecule has 37 heavy (non-hydrogen) atoms. The minimum atomic E-state index is -0.233. The van der Waals surface area contributed by atoms with E-state index in [0.717, 1.165) is 16.8 Å². The van der Waals surface area contributed by atoms with E-state index in [0.29, 0.717) is 33.2 Å². The Labute approximate surface area is 219 Å². The highest BCUT2D eigenvalue weighted by atomic mass is 32.2. The van der Waals surface area contributed by atoms with Gasteiger partial charge in [-0.05, 0) is 73.5 Å². The van der Waals surface area contributed by atoms with Gasteiger partial charge < -0.3 is 10.1 Å². The fourth-order valence-corrected chi connectivity index (χ4v) is 4.71. The molecule has 4 aromatic carbocycles. The average molecular weight is 508 g/mol. The van der Waals surface area contributed by atoms with Crippen LogP contribution in [-0.2, 0) is 4.79 Å². The molecule has 184 valence electrons. The van der Waals surface area contributed by atoms with Crippen LogP contribution in [0.4, 0.5) is 5.69 Å². The number of carbonyl (C=O) groups is 1. The summed E-state index contributed by atoms with van der Waals surface area (Å²) < 4.78 is 7.54. The molecule has 7 heteroatoms. The molecule has 0 spiro atoms. The first-order valence-corrected chi connectivity index (χ1v) is 12.8. The third kappa shape index (κ3) is 5.42. The van der Waals surface area contributed by atoms with Crippen molar-refractivity contribution in [3.05, 3.63) is 119 Å². The molecule has 1 N–H and O–H groups in total. The summed E-state index contributed by atoms with van der Waals surface area (Å²) in [6.07, 6.45) is 0. The third-order valence-corrected chi connectivity index (χ3v) is 6.90. The first-order valence-electron chi connectivity index (χ1n) is 11.8. The molecule has 5 rings (SSSR count).